The van der Waals surface area contributed by atoms with E-state index in [-0.39, 0.29) is 0 Å². The molecule has 0 spiro atoms. The van der Waals surface area contributed by atoms with Crippen molar-refractivity contribution in [2.75, 3.05) is 32.7 Å². The van der Waals surface area contributed by atoms with Crippen LogP contribution in [0, 0.1) is 11.3 Å². The van der Waals surface area contributed by atoms with Crippen molar-refractivity contribution in [2.24, 2.45) is 17.1 Å². The molecular formula is C17H33N3. The zero-order valence-corrected chi connectivity index (χ0v) is 13.5. The zero-order chi connectivity index (χ0) is 14.2. The topological polar surface area (TPSA) is 32.5 Å². The average molecular weight is 279 g/mol. The summed E-state index contributed by atoms with van der Waals surface area (Å²) in [5.41, 5.74) is 6.93. The Morgan fingerprint density at radius 2 is 1.90 bits per heavy atom. The quantitative estimate of drug-likeness (QED) is 0.842. The Morgan fingerprint density at radius 3 is 2.75 bits per heavy atom. The van der Waals surface area contributed by atoms with E-state index in [1.54, 1.807) is 0 Å². The van der Waals surface area contributed by atoms with Crippen LogP contribution in [0.1, 0.15) is 52.4 Å². The summed E-state index contributed by atoms with van der Waals surface area (Å²) in [6.45, 7) is 11.3. The molecule has 0 radical (unpaired) electrons. The first-order valence-electron chi connectivity index (χ1n) is 8.75. The molecule has 3 atom stereocenters. The van der Waals surface area contributed by atoms with Gasteiger partial charge in [0.05, 0.1) is 0 Å². The van der Waals surface area contributed by atoms with Gasteiger partial charge in [0, 0.05) is 25.2 Å². The molecule has 3 rings (SSSR count). The Balaban J connectivity index is 1.58. The minimum Gasteiger partial charge on any atom is -0.327 e. The second kappa shape index (κ2) is 5.94. The SMILES string of the molecule is CC1(C)CCC(N)C(CN2CCCN3CCCC3C2)C1. The first-order valence-corrected chi connectivity index (χ1v) is 8.75. The molecule has 3 aliphatic rings. The third-order valence-electron chi connectivity index (χ3n) is 5.96. The van der Waals surface area contributed by atoms with Crippen molar-refractivity contribution < 1.29 is 0 Å². The van der Waals surface area contributed by atoms with Crippen LogP contribution in [-0.4, -0.2) is 54.6 Å². The van der Waals surface area contributed by atoms with Gasteiger partial charge in [0.1, 0.15) is 0 Å². The van der Waals surface area contributed by atoms with Crippen molar-refractivity contribution in [3.05, 3.63) is 0 Å². The summed E-state index contributed by atoms with van der Waals surface area (Å²) in [6, 6.07) is 1.27. The Bertz CT molecular complexity index is 328. The van der Waals surface area contributed by atoms with E-state index in [1.165, 1.54) is 71.2 Å². The fourth-order valence-corrected chi connectivity index (χ4v) is 4.74. The number of fused-ring (bicyclic) bond motifs is 1. The van der Waals surface area contributed by atoms with Crippen LogP contribution in [0.3, 0.4) is 0 Å². The van der Waals surface area contributed by atoms with Crippen molar-refractivity contribution in [1.82, 2.24) is 9.80 Å². The molecule has 0 bridgehead atoms. The van der Waals surface area contributed by atoms with E-state index in [9.17, 15) is 0 Å². The van der Waals surface area contributed by atoms with Gasteiger partial charge in [-0.15, -0.1) is 0 Å². The van der Waals surface area contributed by atoms with Crippen LogP contribution in [-0.2, 0) is 0 Å². The highest BCUT2D eigenvalue weighted by Crippen LogP contribution is 2.38. The number of nitrogens with zero attached hydrogens (tertiary/aromatic N) is 2. The van der Waals surface area contributed by atoms with E-state index in [0.717, 1.165) is 6.04 Å². The molecule has 2 heterocycles. The molecule has 2 aliphatic heterocycles. The monoisotopic (exact) mass is 279 g/mol. The number of hydrogen-bond donors (Lipinski definition) is 1. The van der Waals surface area contributed by atoms with E-state index >= 15 is 0 Å². The molecule has 2 saturated heterocycles. The van der Waals surface area contributed by atoms with E-state index in [2.05, 4.69) is 23.6 Å². The van der Waals surface area contributed by atoms with Crippen molar-refractivity contribution in [1.29, 1.82) is 0 Å². The van der Waals surface area contributed by atoms with Gasteiger partial charge in [-0.1, -0.05) is 13.8 Å². The number of nitrogens with two attached hydrogens (primary N) is 1. The summed E-state index contributed by atoms with van der Waals surface area (Å²) in [4.78, 5) is 5.46. The maximum Gasteiger partial charge on any atom is 0.0223 e. The highest BCUT2D eigenvalue weighted by Gasteiger charge is 2.35. The normalized spacial score (nSPS) is 39.5. The number of rotatable bonds is 2. The van der Waals surface area contributed by atoms with Crippen LogP contribution in [0.4, 0.5) is 0 Å². The van der Waals surface area contributed by atoms with Crippen molar-refractivity contribution in [3.8, 4) is 0 Å². The fourth-order valence-electron chi connectivity index (χ4n) is 4.74. The average Bonchev–Trinajstić information content (AvgIpc) is 2.73. The van der Waals surface area contributed by atoms with E-state index in [0.29, 0.717) is 17.4 Å². The predicted octanol–water partition coefficient (Wildman–Crippen LogP) is 2.31. The first-order chi connectivity index (χ1) is 9.53. The molecule has 0 amide bonds. The molecule has 1 saturated carbocycles. The lowest BCUT2D eigenvalue weighted by Crippen LogP contribution is -2.46. The molecule has 1 aliphatic carbocycles. The molecule has 2 N–H and O–H groups in total. The first kappa shape index (κ1) is 14.8. The molecule has 3 heteroatoms. The second-order valence-corrected chi connectivity index (χ2v) is 8.28. The maximum absolute atomic E-state index is 6.43. The summed E-state index contributed by atoms with van der Waals surface area (Å²) >= 11 is 0. The fraction of sp³-hybridized carbons (Fsp3) is 1.00. The smallest absolute Gasteiger partial charge is 0.0223 e. The molecule has 116 valence electrons. The van der Waals surface area contributed by atoms with Gasteiger partial charge in [-0.05, 0) is 69.5 Å². The maximum atomic E-state index is 6.43. The molecule has 3 unspecified atom stereocenters. The summed E-state index contributed by atoms with van der Waals surface area (Å²) in [5, 5.41) is 0. The van der Waals surface area contributed by atoms with Crippen molar-refractivity contribution >= 4 is 0 Å². The van der Waals surface area contributed by atoms with Crippen LogP contribution >= 0.6 is 0 Å². The Kier molecular flexibility index (Phi) is 4.40. The highest BCUT2D eigenvalue weighted by atomic mass is 15.3. The van der Waals surface area contributed by atoms with Gasteiger partial charge in [-0.3, -0.25) is 4.90 Å². The second-order valence-electron chi connectivity index (χ2n) is 8.28. The van der Waals surface area contributed by atoms with E-state index in [1.807, 2.05) is 0 Å². The van der Waals surface area contributed by atoms with Crippen molar-refractivity contribution in [2.45, 2.75) is 64.5 Å². The van der Waals surface area contributed by atoms with Gasteiger partial charge in [0.15, 0.2) is 0 Å². The van der Waals surface area contributed by atoms with E-state index in [4.69, 9.17) is 5.73 Å². The minimum atomic E-state index is 0.436. The summed E-state index contributed by atoms with van der Waals surface area (Å²) in [6.07, 6.45) is 8.02. The highest BCUT2D eigenvalue weighted by molar-refractivity contribution is 4.91. The lowest BCUT2D eigenvalue weighted by Gasteiger charge is -2.41. The van der Waals surface area contributed by atoms with Gasteiger partial charge < -0.3 is 10.6 Å². The largest absolute Gasteiger partial charge is 0.327 e. The molecule has 3 nitrogen and oxygen atoms in total. The van der Waals surface area contributed by atoms with Crippen LogP contribution in [0.5, 0.6) is 0 Å². The van der Waals surface area contributed by atoms with Crippen LogP contribution in [0.2, 0.25) is 0 Å². The summed E-state index contributed by atoms with van der Waals surface area (Å²) in [5.74, 6) is 0.715. The van der Waals surface area contributed by atoms with Gasteiger partial charge in [0.25, 0.3) is 0 Å². The van der Waals surface area contributed by atoms with Crippen LogP contribution in [0.15, 0.2) is 0 Å². The summed E-state index contributed by atoms with van der Waals surface area (Å²) < 4.78 is 0. The molecule has 20 heavy (non-hydrogen) atoms. The van der Waals surface area contributed by atoms with E-state index < -0.39 is 0 Å². The molecule has 0 aromatic carbocycles. The Hall–Kier alpha value is -0.120. The molecule has 3 fully saturated rings. The molecule has 0 aromatic heterocycles. The molecule has 0 aromatic rings. The standard InChI is InChI=1S/C17H33N3/c1-17(2)7-6-16(18)14(11-17)12-19-8-4-10-20-9-3-5-15(20)13-19/h14-16H,3-13,18H2,1-2H3. The zero-order valence-electron chi connectivity index (χ0n) is 13.5. The molecular weight excluding hydrogens is 246 g/mol. The van der Waals surface area contributed by atoms with Gasteiger partial charge in [0.2, 0.25) is 0 Å². The minimum absolute atomic E-state index is 0.436. The third-order valence-corrected chi connectivity index (χ3v) is 5.96. The van der Waals surface area contributed by atoms with Gasteiger partial charge in [-0.25, -0.2) is 0 Å². The number of hydrogen-bond acceptors (Lipinski definition) is 3. The van der Waals surface area contributed by atoms with Crippen molar-refractivity contribution in [3.63, 3.8) is 0 Å². The van der Waals surface area contributed by atoms with Gasteiger partial charge in [-0.2, -0.15) is 0 Å². The lowest BCUT2D eigenvalue weighted by molar-refractivity contribution is 0.110. The predicted molar refractivity (Wildman–Crippen MR) is 84.7 cm³/mol. The third kappa shape index (κ3) is 3.37. The van der Waals surface area contributed by atoms with Gasteiger partial charge >= 0.3 is 0 Å². The lowest BCUT2D eigenvalue weighted by atomic mass is 9.70. The Labute approximate surface area is 124 Å². The summed E-state index contributed by atoms with van der Waals surface area (Å²) in [7, 11) is 0. The van der Waals surface area contributed by atoms with Crippen LogP contribution in [0.25, 0.3) is 0 Å². The Morgan fingerprint density at radius 1 is 1.10 bits per heavy atom. The van der Waals surface area contributed by atoms with Crippen LogP contribution < -0.4 is 5.73 Å².